The van der Waals surface area contributed by atoms with Crippen LogP contribution in [0.2, 0.25) is 0 Å². The summed E-state index contributed by atoms with van der Waals surface area (Å²) in [6, 6.07) is 10.7. The zero-order valence-corrected chi connectivity index (χ0v) is 19.8. The van der Waals surface area contributed by atoms with Gasteiger partial charge in [0.1, 0.15) is 0 Å². The molecule has 0 bridgehead atoms. The van der Waals surface area contributed by atoms with Gasteiger partial charge in [0.2, 0.25) is 11.8 Å². The van der Waals surface area contributed by atoms with Crippen LogP contribution >= 0.6 is 24.0 Å². The third-order valence-electron chi connectivity index (χ3n) is 5.74. The van der Waals surface area contributed by atoms with Crippen LogP contribution in [-0.2, 0) is 9.59 Å². The van der Waals surface area contributed by atoms with Gasteiger partial charge in [-0.2, -0.15) is 0 Å². The average molecular weight is 512 g/mol. The standard InChI is InChI=1S/C22H32N4O2.HI/c1-3-23-22(24-13-15-26-20(27)10-7-11-21(26)28)25-14-12-19(17(2)16-25)18-8-5-4-6-9-18;/h4-6,8-9,17,19H,3,7,10-16H2,1-2H3,(H,23,24);1H. The molecule has 2 amide bonds. The minimum Gasteiger partial charge on any atom is -0.357 e. The number of carbonyl (C=O) groups excluding carboxylic acids is 2. The molecule has 160 valence electrons. The van der Waals surface area contributed by atoms with E-state index in [-0.39, 0.29) is 35.8 Å². The Morgan fingerprint density at radius 3 is 2.48 bits per heavy atom. The molecule has 2 aliphatic rings. The van der Waals surface area contributed by atoms with E-state index in [1.807, 2.05) is 0 Å². The number of rotatable bonds is 5. The molecule has 2 unspecified atom stereocenters. The summed E-state index contributed by atoms with van der Waals surface area (Å²) in [6.07, 6.45) is 2.72. The molecule has 1 aromatic carbocycles. The molecule has 2 saturated heterocycles. The molecule has 2 heterocycles. The summed E-state index contributed by atoms with van der Waals surface area (Å²) < 4.78 is 0. The Hall–Kier alpha value is -1.64. The monoisotopic (exact) mass is 512 g/mol. The van der Waals surface area contributed by atoms with Crippen molar-refractivity contribution in [2.24, 2.45) is 10.9 Å². The van der Waals surface area contributed by atoms with Crippen LogP contribution in [0.3, 0.4) is 0 Å². The Morgan fingerprint density at radius 2 is 1.86 bits per heavy atom. The van der Waals surface area contributed by atoms with Crippen molar-refractivity contribution in [1.82, 2.24) is 15.1 Å². The highest BCUT2D eigenvalue weighted by atomic mass is 127. The van der Waals surface area contributed by atoms with Crippen LogP contribution in [0.1, 0.15) is 51.0 Å². The number of carbonyl (C=O) groups is 2. The van der Waals surface area contributed by atoms with Crippen LogP contribution in [0.4, 0.5) is 0 Å². The molecule has 2 fully saturated rings. The fourth-order valence-corrected chi connectivity index (χ4v) is 4.26. The predicted octanol–water partition coefficient (Wildman–Crippen LogP) is 3.23. The summed E-state index contributed by atoms with van der Waals surface area (Å²) in [5, 5.41) is 3.38. The van der Waals surface area contributed by atoms with E-state index >= 15 is 0 Å². The van der Waals surface area contributed by atoms with E-state index in [1.165, 1.54) is 10.5 Å². The fourth-order valence-electron chi connectivity index (χ4n) is 4.26. The number of benzene rings is 1. The molecule has 0 saturated carbocycles. The number of nitrogens with one attached hydrogen (secondary N) is 1. The van der Waals surface area contributed by atoms with Gasteiger partial charge in [-0.15, -0.1) is 24.0 Å². The van der Waals surface area contributed by atoms with E-state index in [9.17, 15) is 9.59 Å². The topological polar surface area (TPSA) is 65.0 Å². The van der Waals surface area contributed by atoms with Crippen molar-refractivity contribution in [3.63, 3.8) is 0 Å². The number of piperidine rings is 2. The van der Waals surface area contributed by atoms with Gasteiger partial charge < -0.3 is 10.2 Å². The zero-order valence-electron chi connectivity index (χ0n) is 17.5. The second-order valence-electron chi connectivity index (χ2n) is 7.76. The number of hydrogen-bond donors (Lipinski definition) is 1. The van der Waals surface area contributed by atoms with Crippen molar-refractivity contribution >= 4 is 41.8 Å². The lowest BCUT2D eigenvalue weighted by molar-refractivity contribution is -0.147. The summed E-state index contributed by atoms with van der Waals surface area (Å²) in [7, 11) is 0. The molecule has 0 spiro atoms. The molecule has 1 N–H and O–H groups in total. The molecule has 2 atom stereocenters. The van der Waals surface area contributed by atoms with E-state index < -0.39 is 0 Å². The molecule has 0 radical (unpaired) electrons. The average Bonchev–Trinajstić information content (AvgIpc) is 2.70. The Bertz CT molecular complexity index is 694. The van der Waals surface area contributed by atoms with Crippen molar-refractivity contribution in [3.8, 4) is 0 Å². The van der Waals surface area contributed by atoms with Crippen LogP contribution in [0.15, 0.2) is 35.3 Å². The van der Waals surface area contributed by atoms with Crippen molar-refractivity contribution in [2.45, 2.75) is 45.4 Å². The van der Waals surface area contributed by atoms with E-state index in [2.05, 4.69) is 54.4 Å². The van der Waals surface area contributed by atoms with E-state index in [0.717, 1.165) is 32.0 Å². The molecule has 1 aromatic rings. The molecular formula is C22H33IN4O2. The fraction of sp³-hybridized carbons (Fsp3) is 0.591. The maximum atomic E-state index is 12.0. The van der Waals surface area contributed by atoms with Crippen molar-refractivity contribution in [1.29, 1.82) is 0 Å². The molecule has 3 rings (SSSR count). The molecule has 6 nitrogen and oxygen atoms in total. The van der Waals surface area contributed by atoms with Crippen LogP contribution in [0, 0.1) is 5.92 Å². The highest BCUT2D eigenvalue weighted by molar-refractivity contribution is 14.0. The summed E-state index contributed by atoms with van der Waals surface area (Å²) >= 11 is 0. The lowest BCUT2D eigenvalue weighted by atomic mass is 9.82. The van der Waals surface area contributed by atoms with Gasteiger partial charge in [-0.25, -0.2) is 0 Å². The van der Waals surface area contributed by atoms with Gasteiger partial charge in [0.05, 0.1) is 6.54 Å². The Balaban J connectivity index is 0.00000300. The van der Waals surface area contributed by atoms with E-state index in [0.29, 0.717) is 44.2 Å². The molecule has 7 heteroatoms. The van der Waals surface area contributed by atoms with Crippen molar-refractivity contribution in [2.75, 3.05) is 32.7 Å². The first kappa shape index (κ1) is 23.6. The first-order valence-corrected chi connectivity index (χ1v) is 10.5. The van der Waals surface area contributed by atoms with Crippen LogP contribution in [0.25, 0.3) is 0 Å². The summed E-state index contributed by atoms with van der Waals surface area (Å²) in [5.74, 6) is 1.87. The maximum Gasteiger partial charge on any atom is 0.229 e. The first-order valence-electron chi connectivity index (χ1n) is 10.5. The zero-order chi connectivity index (χ0) is 19.9. The minimum atomic E-state index is -0.0613. The normalized spacial score (nSPS) is 23.0. The smallest absolute Gasteiger partial charge is 0.229 e. The molecule has 2 aliphatic heterocycles. The second kappa shape index (κ2) is 11.5. The third-order valence-corrected chi connectivity index (χ3v) is 5.74. The number of nitrogens with zero attached hydrogens (tertiary/aromatic N) is 3. The maximum absolute atomic E-state index is 12.0. The van der Waals surface area contributed by atoms with Crippen molar-refractivity contribution < 1.29 is 9.59 Å². The Morgan fingerprint density at radius 1 is 1.17 bits per heavy atom. The van der Waals surface area contributed by atoms with Crippen LogP contribution in [-0.4, -0.2) is 60.3 Å². The molecule has 0 aromatic heterocycles. The summed E-state index contributed by atoms with van der Waals surface area (Å²) in [6.45, 7) is 7.90. The highest BCUT2D eigenvalue weighted by Gasteiger charge is 2.29. The molecular weight excluding hydrogens is 479 g/mol. The van der Waals surface area contributed by atoms with Gasteiger partial charge in [-0.1, -0.05) is 37.3 Å². The van der Waals surface area contributed by atoms with E-state index in [4.69, 9.17) is 4.99 Å². The van der Waals surface area contributed by atoms with Crippen LogP contribution in [0.5, 0.6) is 0 Å². The van der Waals surface area contributed by atoms with Gasteiger partial charge in [0.25, 0.3) is 0 Å². The van der Waals surface area contributed by atoms with Gasteiger partial charge in [0.15, 0.2) is 5.96 Å². The van der Waals surface area contributed by atoms with Crippen LogP contribution < -0.4 is 5.32 Å². The van der Waals surface area contributed by atoms with E-state index in [1.54, 1.807) is 0 Å². The third kappa shape index (κ3) is 6.17. The van der Waals surface area contributed by atoms with Crippen molar-refractivity contribution in [3.05, 3.63) is 35.9 Å². The Labute approximate surface area is 191 Å². The number of likely N-dealkylation sites (tertiary alicyclic amines) is 2. The number of halogens is 1. The lowest BCUT2D eigenvalue weighted by Crippen LogP contribution is -2.48. The number of guanidine groups is 1. The van der Waals surface area contributed by atoms with Gasteiger partial charge >= 0.3 is 0 Å². The lowest BCUT2D eigenvalue weighted by Gasteiger charge is -2.39. The first-order chi connectivity index (χ1) is 13.6. The van der Waals surface area contributed by atoms with Gasteiger partial charge in [-0.3, -0.25) is 19.5 Å². The van der Waals surface area contributed by atoms with Gasteiger partial charge in [-0.05, 0) is 37.2 Å². The molecule has 0 aliphatic carbocycles. The summed E-state index contributed by atoms with van der Waals surface area (Å²) in [4.78, 5) is 32.3. The number of amides is 2. The van der Waals surface area contributed by atoms with Gasteiger partial charge in [0, 0.05) is 39.0 Å². The Kier molecular flexibility index (Phi) is 9.39. The quantitative estimate of drug-likeness (QED) is 0.285. The number of aliphatic imine (C=N–C) groups is 1. The summed E-state index contributed by atoms with van der Waals surface area (Å²) in [5.41, 5.74) is 1.42. The largest absolute Gasteiger partial charge is 0.357 e. The minimum absolute atomic E-state index is 0. The second-order valence-corrected chi connectivity index (χ2v) is 7.76. The number of hydrogen-bond acceptors (Lipinski definition) is 3. The highest BCUT2D eigenvalue weighted by Crippen LogP contribution is 2.32. The SMILES string of the molecule is CCNC(=NCCN1C(=O)CCCC1=O)N1CCC(c2ccccc2)C(C)C1.I. The molecule has 29 heavy (non-hydrogen) atoms. The number of imide groups is 1. The predicted molar refractivity (Wildman–Crippen MR) is 127 cm³/mol.